The quantitative estimate of drug-likeness (QED) is 0.414. The van der Waals surface area contributed by atoms with E-state index < -0.39 is 0 Å². The van der Waals surface area contributed by atoms with E-state index in [1.54, 1.807) is 50.6 Å². The predicted molar refractivity (Wildman–Crippen MR) is 101 cm³/mol. The van der Waals surface area contributed by atoms with Crippen molar-refractivity contribution in [2.45, 2.75) is 0 Å². The van der Waals surface area contributed by atoms with Crippen LogP contribution in [0.4, 0.5) is 5.69 Å². The monoisotopic (exact) mass is 361 g/mol. The summed E-state index contributed by atoms with van der Waals surface area (Å²) < 4.78 is 15.5. The molecule has 0 spiro atoms. The van der Waals surface area contributed by atoms with Crippen LogP contribution in [0.15, 0.2) is 41.5 Å². The summed E-state index contributed by atoms with van der Waals surface area (Å²) in [6.07, 6.45) is 1.44. The van der Waals surface area contributed by atoms with Gasteiger partial charge in [0.1, 0.15) is 0 Å². The molecule has 0 aromatic heterocycles. The second-order valence-corrected chi connectivity index (χ2v) is 5.20. The number of thiocarbonyl (C=S) groups is 1. The van der Waals surface area contributed by atoms with Crippen LogP contribution in [-0.2, 0) is 0 Å². The van der Waals surface area contributed by atoms with Gasteiger partial charge in [-0.25, -0.2) is 0 Å². The number of aromatic hydroxyl groups is 1. The number of ether oxygens (including phenoxy) is 3. The van der Waals surface area contributed by atoms with Crippen molar-refractivity contribution >= 4 is 29.2 Å². The molecule has 0 saturated carbocycles. The minimum Gasteiger partial charge on any atom is -0.504 e. The fourth-order valence-electron chi connectivity index (χ4n) is 2.04. The SMILES string of the molecule is COc1ccc(NC(=S)NN=Cc2cccc(OC)c2O)cc1OC. The molecule has 0 saturated heterocycles. The van der Waals surface area contributed by atoms with E-state index in [9.17, 15) is 5.11 Å². The molecule has 0 aliphatic carbocycles. The van der Waals surface area contributed by atoms with E-state index in [0.717, 1.165) is 5.69 Å². The number of rotatable bonds is 6. The minimum atomic E-state index is 0.00863. The second kappa shape index (κ2) is 8.74. The van der Waals surface area contributed by atoms with Crippen LogP contribution in [-0.4, -0.2) is 37.8 Å². The molecule has 132 valence electrons. The van der Waals surface area contributed by atoms with Crippen LogP contribution in [0.2, 0.25) is 0 Å². The van der Waals surface area contributed by atoms with Crippen LogP contribution in [0, 0.1) is 0 Å². The highest BCUT2D eigenvalue weighted by molar-refractivity contribution is 7.80. The molecule has 2 aromatic rings. The average molecular weight is 361 g/mol. The van der Waals surface area contributed by atoms with Crippen LogP contribution in [0.3, 0.4) is 0 Å². The molecule has 7 nitrogen and oxygen atoms in total. The fraction of sp³-hybridized carbons (Fsp3) is 0.176. The number of hydrazone groups is 1. The van der Waals surface area contributed by atoms with Gasteiger partial charge >= 0.3 is 0 Å². The van der Waals surface area contributed by atoms with Gasteiger partial charge in [-0.2, -0.15) is 5.10 Å². The van der Waals surface area contributed by atoms with E-state index >= 15 is 0 Å². The van der Waals surface area contributed by atoms with Crippen molar-refractivity contribution < 1.29 is 19.3 Å². The Morgan fingerprint density at radius 2 is 1.76 bits per heavy atom. The van der Waals surface area contributed by atoms with E-state index in [1.165, 1.54) is 13.3 Å². The topological polar surface area (TPSA) is 84.3 Å². The van der Waals surface area contributed by atoms with Crippen molar-refractivity contribution in [1.29, 1.82) is 0 Å². The Balaban J connectivity index is 1.99. The van der Waals surface area contributed by atoms with Gasteiger partial charge in [-0.15, -0.1) is 0 Å². The maximum absolute atomic E-state index is 9.98. The molecule has 3 N–H and O–H groups in total. The number of nitrogens with one attached hydrogen (secondary N) is 2. The summed E-state index contributed by atoms with van der Waals surface area (Å²) in [6, 6.07) is 10.4. The molecule has 0 radical (unpaired) electrons. The smallest absolute Gasteiger partial charge is 0.191 e. The van der Waals surface area contributed by atoms with E-state index in [1.807, 2.05) is 0 Å². The molecule has 25 heavy (non-hydrogen) atoms. The van der Waals surface area contributed by atoms with E-state index in [0.29, 0.717) is 22.8 Å². The van der Waals surface area contributed by atoms with Crippen molar-refractivity contribution in [3.8, 4) is 23.0 Å². The van der Waals surface area contributed by atoms with Crippen molar-refractivity contribution in [3.05, 3.63) is 42.0 Å². The van der Waals surface area contributed by atoms with Crippen LogP contribution >= 0.6 is 12.2 Å². The number of phenolic OH excluding ortho intramolecular Hbond substituents is 1. The summed E-state index contributed by atoms with van der Waals surface area (Å²) in [4.78, 5) is 0. The van der Waals surface area contributed by atoms with Crippen molar-refractivity contribution in [1.82, 2.24) is 5.43 Å². The zero-order valence-corrected chi connectivity index (χ0v) is 14.9. The van der Waals surface area contributed by atoms with Crippen LogP contribution in [0.25, 0.3) is 0 Å². The van der Waals surface area contributed by atoms with Crippen molar-refractivity contribution in [2.75, 3.05) is 26.6 Å². The lowest BCUT2D eigenvalue weighted by molar-refractivity contribution is 0.355. The Bertz CT molecular complexity index is 780. The first-order valence-corrected chi connectivity index (χ1v) is 7.68. The zero-order valence-electron chi connectivity index (χ0n) is 14.1. The Hall–Kier alpha value is -3.00. The Morgan fingerprint density at radius 3 is 2.44 bits per heavy atom. The fourth-order valence-corrected chi connectivity index (χ4v) is 2.21. The maximum Gasteiger partial charge on any atom is 0.191 e. The number of hydrogen-bond acceptors (Lipinski definition) is 6. The van der Waals surface area contributed by atoms with Gasteiger partial charge in [-0.05, 0) is 36.5 Å². The molecule has 0 unspecified atom stereocenters. The van der Waals surface area contributed by atoms with E-state index in [4.69, 9.17) is 26.4 Å². The van der Waals surface area contributed by atoms with Crippen LogP contribution in [0.5, 0.6) is 23.0 Å². The standard InChI is InChI=1S/C17H19N3O4S/c1-22-13-8-7-12(9-15(13)24-3)19-17(25)20-18-10-11-5-4-6-14(23-2)16(11)21/h4-10,21H,1-3H3,(H2,19,20,25). The first kappa shape index (κ1) is 18.3. The summed E-state index contributed by atoms with van der Waals surface area (Å²) in [6.45, 7) is 0. The third-order valence-electron chi connectivity index (χ3n) is 3.26. The van der Waals surface area contributed by atoms with Crippen molar-refractivity contribution in [3.63, 3.8) is 0 Å². The van der Waals surface area contributed by atoms with Gasteiger partial charge in [-0.3, -0.25) is 5.43 Å². The minimum absolute atomic E-state index is 0.00863. The van der Waals surface area contributed by atoms with E-state index in [-0.39, 0.29) is 10.9 Å². The third-order valence-corrected chi connectivity index (χ3v) is 3.45. The lowest BCUT2D eigenvalue weighted by Gasteiger charge is -2.11. The number of phenols is 1. The molecule has 0 bridgehead atoms. The maximum atomic E-state index is 9.98. The van der Waals surface area contributed by atoms with Gasteiger partial charge in [0.2, 0.25) is 0 Å². The highest BCUT2D eigenvalue weighted by atomic mass is 32.1. The molecule has 0 atom stereocenters. The highest BCUT2D eigenvalue weighted by Crippen LogP contribution is 2.30. The third kappa shape index (κ3) is 4.74. The second-order valence-electron chi connectivity index (χ2n) is 4.79. The normalized spacial score (nSPS) is 10.4. The summed E-state index contributed by atoms with van der Waals surface area (Å²) >= 11 is 5.18. The highest BCUT2D eigenvalue weighted by Gasteiger charge is 2.06. The number of hydrogen-bond donors (Lipinski definition) is 3. The molecule has 0 fully saturated rings. The molecular weight excluding hydrogens is 342 g/mol. The van der Waals surface area contributed by atoms with Gasteiger partial charge in [0, 0.05) is 17.3 Å². The zero-order chi connectivity index (χ0) is 18.2. The molecule has 0 aliphatic heterocycles. The molecule has 2 rings (SSSR count). The lowest BCUT2D eigenvalue weighted by atomic mass is 10.2. The van der Waals surface area contributed by atoms with E-state index in [2.05, 4.69) is 15.8 Å². The summed E-state index contributed by atoms with van der Waals surface area (Å²) in [5.41, 5.74) is 3.89. The Morgan fingerprint density at radius 1 is 1.04 bits per heavy atom. The first-order valence-electron chi connectivity index (χ1n) is 7.27. The summed E-state index contributed by atoms with van der Waals surface area (Å²) in [5.74, 6) is 1.59. The average Bonchev–Trinajstić information content (AvgIpc) is 2.63. The molecule has 0 heterocycles. The first-order chi connectivity index (χ1) is 12.1. The van der Waals surface area contributed by atoms with Gasteiger partial charge in [0.15, 0.2) is 28.1 Å². The molecule has 2 aromatic carbocycles. The number of benzene rings is 2. The Kier molecular flexibility index (Phi) is 6.41. The molecule has 0 amide bonds. The number of anilines is 1. The molecule has 8 heteroatoms. The summed E-state index contributed by atoms with van der Waals surface area (Å²) in [7, 11) is 4.61. The van der Waals surface area contributed by atoms with Crippen LogP contribution < -0.4 is 25.0 Å². The Labute approximate surface area is 151 Å². The molecular formula is C17H19N3O4S. The number of para-hydroxylation sites is 1. The molecule has 0 aliphatic rings. The van der Waals surface area contributed by atoms with Gasteiger partial charge in [0.25, 0.3) is 0 Å². The van der Waals surface area contributed by atoms with Gasteiger partial charge in [-0.1, -0.05) is 6.07 Å². The largest absolute Gasteiger partial charge is 0.504 e. The van der Waals surface area contributed by atoms with Gasteiger partial charge in [0.05, 0.1) is 27.5 Å². The number of methoxy groups -OCH3 is 3. The summed E-state index contributed by atoms with van der Waals surface area (Å²) in [5, 5.41) is 17.2. The van der Waals surface area contributed by atoms with Crippen molar-refractivity contribution in [2.24, 2.45) is 5.10 Å². The van der Waals surface area contributed by atoms with Crippen LogP contribution in [0.1, 0.15) is 5.56 Å². The predicted octanol–water partition coefficient (Wildman–Crippen LogP) is 2.74. The lowest BCUT2D eigenvalue weighted by Crippen LogP contribution is -2.23. The van der Waals surface area contributed by atoms with Gasteiger partial charge < -0.3 is 24.6 Å². The number of nitrogens with zero attached hydrogens (tertiary/aromatic N) is 1.